The van der Waals surface area contributed by atoms with Crippen molar-refractivity contribution in [3.8, 4) is 6.07 Å². The summed E-state index contributed by atoms with van der Waals surface area (Å²) in [6.07, 6.45) is 4.36. The number of rotatable bonds is 2. The predicted octanol–water partition coefficient (Wildman–Crippen LogP) is 3.29. The SMILES string of the molecule is CC(O)(c1cccs1)C1(C#N)CC2CCC1C2. The first-order valence-corrected chi connectivity index (χ1v) is 7.16. The van der Waals surface area contributed by atoms with E-state index in [-0.39, 0.29) is 0 Å². The van der Waals surface area contributed by atoms with E-state index in [9.17, 15) is 10.4 Å². The van der Waals surface area contributed by atoms with E-state index in [1.54, 1.807) is 11.3 Å². The van der Waals surface area contributed by atoms with Crippen molar-refractivity contribution in [1.29, 1.82) is 5.26 Å². The lowest BCUT2D eigenvalue weighted by Crippen LogP contribution is -2.45. The summed E-state index contributed by atoms with van der Waals surface area (Å²) in [6, 6.07) is 6.40. The average molecular weight is 247 g/mol. The smallest absolute Gasteiger partial charge is 0.115 e. The van der Waals surface area contributed by atoms with Crippen LogP contribution in [-0.2, 0) is 5.60 Å². The summed E-state index contributed by atoms with van der Waals surface area (Å²) in [7, 11) is 0. The van der Waals surface area contributed by atoms with Crippen LogP contribution in [0.5, 0.6) is 0 Å². The van der Waals surface area contributed by atoms with Crippen LogP contribution >= 0.6 is 11.3 Å². The minimum Gasteiger partial charge on any atom is -0.383 e. The Kier molecular flexibility index (Phi) is 2.36. The number of hydrogen-bond donors (Lipinski definition) is 1. The molecule has 0 spiro atoms. The molecule has 2 nitrogen and oxygen atoms in total. The molecule has 3 heteroatoms. The minimum absolute atomic E-state index is 0.384. The molecule has 3 rings (SSSR count). The largest absolute Gasteiger partial charge is 0.383 e. The summed E-state index contributed by atoms with van der Waals surface area (Å²) in [5.74, 6) is 1.04. The van der Waals surface area contributed by atoms with E-state index in [1.165, 1.54) is 6.42 Å². The van der Waals surface area contributed by atoms with Crippen LogP contribution in [0, 0.1) is 28.6 Å². The van der Waals surface area contributed by atoms with Crippen LogP contribution < -0.4 is 0 Å². The van der Waals surface area contributed by atoms with Crippen LogP contribution in [-0.4, -0.2) is 5.11 Å². The minimum atomic E-state index is -0.990. The second kappa shape index (κ2) is 3.57. The van der Waals surface area contributed by atoms with Gasteiger partial charge in [-0.15, -0.1) is 11.3 Å². The molecule has 0 aliphatic heterocycles. The van der Waals surface area contributed by atoms with Crippen LogP contribution in [0.15, 0.2) is 17.5 Å². The van der Waals surface area contributed by atoms with E-state index in [2.05, 4.69) is 6.07 Å². The number of thiophene rings is 1. The lowest BCUT2D eigenvalue weighted by atomic mass is 9.63. The fourth-order valence-corrected chi connectivity index (χ4v) is 4.82. The quantitative estimate of drug-likeness (QED) is 0.871. The third-order valence-corrected chi connectivity index (χ3v) is 6.00. The summed E-state index contributed by atoms with van der Waals surface area (Å²) in [4.78, 5) is 0.937. The van der Waals surface area contributed by atoms with Gasteiger partial charge in [-0.1, -0.05) is 12.5 Å². The first kappa shape index (κ1) is 11.3. The van der Waals surface area contributed by atoms with E-state index in [0.717, 1.165) is 24.1 Å². The molecule has 1 aromatic rings. The maximum absolute atomic E-state index is 10.9. The number of nitrogens with zero attached hydrogens (tertiary/aromatic N) is 1. The Morgan fingerprint density at radius 3 is 2.88 bits per heavy atom. The summed E-state index contributed by atoms with van der Waals surface area (Å²) in [5, 5.41) is 22.6. The second-order valence-corrected chi connectivity index (χ2v) is 6.66. The summed E-state index contributed by atoms with van der Waals surface area (Å²) in [5.41, 5.74) is -1.55. The van der Waals surface area contributed by atoms with Crippen molar-refractivity contribution >= 4 is 11.3 Å². The Balaban J connectivity index is 2.05. The Morgan fingerprint density at radius 2 is 2.41 bits per heavy atom. The number of hydrogen-bond acceptors (Lipinski definition) is 3. The molecule has 90 valence electrons. The molecule has 17 heavy (non-hydrogen) atoms. The monoisotopic (exact) mass is 247 g/mol. The van der Waals surface area contributed by atoms with Crippen molar-refractivity contribution < 1.29 is 5.11 Å². The van der Waals surface area contributed by atoms with Gasteiger partial charge in [-0.05, 0) is 49.5 Å². The van der Waals surface area contributed by atoms with E-state index >= 15 is 0 Å². The summed E-state index contributed by atoms with van der Waals surface area (Å²) >= 11 is 1.56. The van der Waals surface area contributed by atoms with Gasteiger partial charge in [0.2, 0.25) is 0 Å². The Hall–Kier alpha value is -0.850. The molecule has 2 aliphatic rings. The third-order valence-electron chi connectivity index (χ3n) is 4.92. The van der Waals surface area contributed by atoms with Crippen molar-refractivity contribution in [3.63, 3.8) is 0 Å². The molecule has 2 aliphatic carbocycles. The summed E-state index contributed by atoms with van der Waals surface area (Å²) < 4.78 is 0. The highest BCUT2D eigenvalue weighted by atomic mass is 32.1. The lowest BCUT2D eigenvalue weighted by molar-refractivity contribution is -0.0706. The lowest BCUT2D eigenvalue weighted by Gasteiger charge is -2.42. The van der Waals surface area contributed by atoms with Gasteiger partial charge in [0.05, 0.1) is 11.5 Å². The first-order valence-electron chi connectivity index (χ1n) is 6.28. The molecule has 0 saturated heterocycles. The fourth-order valence-electron chi connectivity index (χ4n) is 3.95. The standard InChI is InChI=1S/C14H17NOS/c1-13(16,12-3-2-6-17-12)14(9-15)8-10-4-5-11(14)7-10/h2-3,6,10-11,16H,4-5,7-8H2,1H3. The molecule has 4 atom stereocenters. The van der Waals surface area contributed by atoms with Gasteiger partial charge in [0.1, 0.15) is 5.60 Å². The Morgan fingerprint density at radius 1 is 1.59 bits per heavy atom. The molecule has 4 unspecified atom stereocenters. The Labute approximate surface area is 106 Å². The van der Waals surface area contributed by atoms with Gasteiger partial charge >= 0.3 is 0 Å². The van der Waals surface area contributed by atoms with Gasteiger partial charge in [-0.25, -0.2) is 0 Å². The van der Waals surface area contributed by atoms with Crippen LogP contribution in [0.1, 0.15) is 37.5 Å². The number of aliphatic hydroxyl groups is 1. The average Bonchev–Trinajstić information content (AvgIpc) is 3.04. The highest BCUT2D eigenvalue weighted by molar-refractivity contribution is 7.10. The zero-order valence-corrected chi connectivity index (χ0v) is 10.8. The first-order chi connectivity index (χ1) is 8.10. The van der Waals surface area contributed by atoms with Crippen molar-refractivity contribution in [3.05, 3.63) is 22.4 Å². The van der Waals surface area contributed by atoms with Gasteiger partial charge < -0.3 is 5.11 Å². The molecular formula is C14H17NOS. The Bertz CT molecular complexity index is 459. The van der Waals surface area contributed by atoms with E-state index in [0.29, 0.717) is 11.8 Å². The number of fused-ring (bicyclic) bond motifs is 2. The zero-order valence-electron chi connectivity index (χ0n) is 10.0. The highest BCUT2D eigenvalue weighted by Gasteiger charge is 2.61. The maximum Gasteiger partial charge on any atom is 0.115 e. The van der Waals surface area contributed by atoms with Gasteiger partial charge in [0, 0.05) is 4.88 Å². The molecule has 2 fully saturated rings. The third kappa shape index (κ3) is 1.34. The van der Waals surface area contributed by atoms with Gasteiger partial charge in [0.15, 0.2) is 0 Å². The van der Waals surface area contributed by atoms with Gasteiger partial charge in [-0.3, -0.25) is 0 Å². The van der Waals surface area contributed by atoms with Crippen LogP contribution in [0.25, 0.3) is 0 Å². The van der Waals surface area contributed by atoms with Crippen molar-refractivity contribution in [1.82, 2.24) is 0 Å². The molecule has 1 aromatic heterocycles. The van der Waals surface area contributed by atoms with Crippen LogP contribution in [0.3, 0.4) is 0 Å². The molecule has 0 amide bonds. The van der Waals surface area contributed by atoms with Crippen molar-refractivity contribution in [2.45, 2.75) is 38.2 Å². The van der Waals surface area contributed by atoms with Gasteiger partial charge in [0.25, 0.3) is 0 Å². The molecule has 2 bridgehead atoms. The molecule has 0 aromatic carbocycles. The fraction of sp³-hybridized carbons (Fsp3) is 0.643. The molecule has 0 radical (unpaired) electrons. The van der Waals surface area contributed by atoms with Crippen molar-refractivity contribution in [2.24, 2.45) is 17.3 Å². The molecular weight excluding hydrogens is 230 g/mol. The van der Waals surface area contributed by atoms with Crippen LogP contribution in [0.4, 0.5) is 0 Å². The van der Waals surface area contributed by atoms with E-state index in [1.807, 2.05) is 24.4 Å². The maximum atomic E-state index is 10.9. The van der Waals surface area contributed by atoms with E-state index in [4.69, 9.17) is 0 Å². The molecule has 1 heterocycles. The number of nitriles is 1. The molecule has 1 N–H and O–H groups in total. The van der Waals surface area contributed by atoms with Crippen LogP contribution in [0.2, 0.25) is 0 Å². The van der Waals surface area contributed by atoms with Gasteiger partial charge in [-0.2, -0.15) is 5.26 Å². The topological polar surface area (TPSA) is 44.0 Å². The normalized spacial score (nSPS) is 38.9. The zero-order chi connectivity index (χ0) is 12.1. The van der Waals surface area contributed by atoms with E-state index < -0.39 is 11.0 Å². The molecule has 2 saturated carbocycles. The van der Waals surface area contributed by atoms with Crippen molar-refractivity contribution in [2.75, 3.05) is 0 Å². The predicted molar refractivity (Wildman–Crippen MR) is 67.4 cm³/mol. The summed E-state index contributed by atoms with van der Waals surface area (Å²) in [6.45, 7) is 1.84. The second-order valence-electron chi connectivity index (χ2n) is 5.71. The highest BCUT2D eigenvalue weighted by Crippen LogP contribution is 2.62.